The average molecular weight is 202 g/mol. The lowest BCUT2D eigenvalue weighted by molar-refractivity contribution is -0.386. The number of hydrogen-bond acceptors (Lipinski definition) is 4. The Morgan fingerprint density at radius 1 is 1.29 bits per heavy atom. The molecule has 0 fully saturated rings. The number of carbonyl (C=O) groups excluding carboxylic acids is 1. The van der Waals surface area contributed by atoms with Crippen molar-refractivity contribution in [3.05, 3.63) is 39.4 Å². The van der Waals surface area contributed by atoms with E-state index in [1.54, 1.807) is 0 Å². The maximum atomic E-state index is 12.5. The van der Waals surface area contributed by atoms with Crippen LogP contribution in [0, 0.1) is 21.7 Å². The standard InChI is InChI=1S/C7H3F2NO4/c8-4-1-3(7(11)12)6(10(13)14)2-5(4)9/h1-2H,(H,11,12)/p-1. The van der Waals surface area contributed by atoms with Gasteiger partial charge in [0, 0.05) is 0 Å². The van der Waals surface area contributed by atoms with Crippen molar-refractivity contribution in [2.75, 3.05) is 0 Å². The maximum absolute atomic E-state index is 12.5. The summed E-state index contributed by atoms with van der Waals surface area (Å²) in [5.41, 5.74) is -2.03. The van der Waals surface area contributed by atoms with Crippen LogP contribution in [0.3, 0.4) is 0 Å². The van der Waals surface area contributed by atoms with E-state index in [4.69, 9.17) is 0 Å². The summed E-state index contributed by atoms with van der Waals surface area (Å²) >= 11 is 0. The van der Waals surface area contributed by atoms with Crippen LogP contribution < -0.4 is 5.11 Å². The number of halogens is 2. The van der Waals surface area contributed by atoms with Gasteiger partial charge in [-0.15, -0.1) is 0 Å². The third-order valence-electron chi connectivity index (χ3n) is 1.46. The molecule has 74 valence electrons. The topological polar surface area (TPSA) is 83.3 Å². The van der Waals surface area contributed by atoms with Gasteiger partial charge < -0.3 is 9.90 Å². The van der Waals surface area contributed by atoms with Gasteiger partial charge in [-0.2, -0.15) is 0 Å². The first-order valence-corrected chi connectivity index (χ1v) is 3.28. The Labute approximate surface area is 75.7 Å². The number of nitrogens with zero attached hydrogens (tertiary/aromatic N) is 1. The zero-order chi connectivity index (χ0) is 10.9. The summed E-state index contributed by atoms with van der Waals surface area (Å²) in [7, 11) is 0. The number of carboxylic acid groups (broad SMARTS) is 1. The molecule has 0 bridgehead atoms. The second kappa shape index (κ2) is 3.36. The minimum atomic E-state index is -1.93. The SMILES string of the molecule is O=C([O-])c1cc(F)c(F)cc1[N+](=O)[O-]. The molecule has 0 spiro atoms. The zero-order valence-electron chi connectivity index (χ0n) is 6.49. The van der Waals surface area contributed by atoms with Crippen LogP contribution in [0.2, 0.25) is 0 Å². The Morgan fingerprint density at radius 3 is 2.21 bits per heavy atom. The van der Waals surface area contributed by atoms with E-state index in [1.807, 2.05) is 0 Å². The molecule has 1 aromatic carbocycles. The summed E-state index contributed by atoms with van der Waals surface area (Å²) in [6, 6.07) is 0.406. The number of aromatic carboxylic acids is 1. The molecule has 0 saturated carbocycles. The van der Waals surface area contributed by atoms with Gasteiger partial charge in [-0.25, -0.2) is 8.78 Å². The second-order valence-electron chi connectivity index (χ2n) is 2.33. The summed E-state index contributed by atoms with van der Waals surface area (Å²) in [5.74, 6) is -4.90. The van der Waals surface area contributed by atoms with E-state index in [0.717, 1.165) is 0 Å². The van der Waals surface area contributed by atoms with E-state index in [9.17, 15) is 28.8 Å². The van der Waals surface area contributed by atoms with Crippen molar-refractivity contribution in [2.45, 2.75) is 0 Å². The van der Waals surface area contributed by atoms with Crippen LogP contribution in [-0.2, 0) is 0 Å². The number of nitro benzene ring substituents is 1. The summed E-state index contributed by atoms with van der Waals surface area (Å²) in [4.78, 5) is 19.4. The number of hydrogen-bond donors (Lipinski definition) is 0. The van der Waals surface area contributed by atoms with Crippen molar-refractivity contribution in [1.29, 1.82) is 0 Å². The first-order valence-electron chi connectivity index (χ1n) is 3.28. The molecular formula is C7H2F2NO4-. The average Bonchev–Trinajstić information content (AvgIpc) is 2.08. The number of rotatable bonds is 2. The van der Waals surface area contributed by atoms with Crippen LogP contribution in [0.4, 0.5) is 14.5 Å². The smallest absolute Gasteiger partial charge is 0.281 e. The number of carboxylic acids is 1. The Balaban J connectivity index is 3.46. The molecule has 0 amide bonds. The zero-order valence-corrected chi connectivity index (χ0v) is 6.49. The normalized spacial score (nSPS) is 9.86. The highest BCUT2D eigenvalue weighted by molar-refractivity contribution is 5.90. The molecule has 0 aliphatic rings. The van der Waals surface area contributed by atoms with Crippen molar-refractivity contribution in [3.63, 3.8) is 0 Å². The minimum Gasteiger partial charge on any atom is -0.545 e. The third-order valence-corrected chi connectivity index (χ3v) is 1.46. The van der Waals surface area contributed by atoms with Crippen molar-refractivity contribution < 1.29 is 23.6 Å². The molecule has 0 aliphatic carbocycles. The lowest BCUT2D eigenvalue weighted by atomic mass is 10.1. The van der Waals surface area contributed by atoms with Crippen LogP contribution >= 0.6 is 0 Å². The highest BCUT2D eigenvalue weighted by Gasteiger charge is 2.18. The summed E-state index contributed by atoms with van der Waals surface area (Å²) in [6.07, 6.45) is 0. The largest absolute Gasteiger partial charge is 0.545 e. The van der Waals surface area contributed by atoms with E-state index in [2.05, 4.69) is 0 Å². The van der Waals surface area contributed by atoms with Gasteiger partial charge in [0.15, 0.2) is 11.6 Å². The van der Waals surface area contributed by atoms with Gasteiger partial charge in [-0.3, -0.25) is 10.1 Å². The van der Waals surface area contributed by atoms with E-state index in [1.165, 1.54) is 0 Å². The molecule has 0 aromatic heterocycles. The minimum absolute atomic E-state index is 0.195. The molecule has 7 heteroatoms. The van der Waals surface area contributed by atoms with Crippen LogP contribution in [0.5, 0.6) is 0 Å². The lowest BCUT2D eigenvalue weighted by Gasteiger charge is -2.03. The van der Waals surface area contributed by atoms with Crippen molar-refractivity contribution in [3.8, 4) is 0 Å². The number of nitro groups is 1. The Bertz CT molecular complexity index is 379. The van der Waals surface area contributed by atoms with Crippen molar-refractivity contribution in [2.24, 2.45) is 0 Å². The Morgan fingerprint density at radius 2 is 1.79 bits per heavy atom. The first-order chi connectivity index (χ1) is 6.43. The third kappa shape index (κ3) is 1.65. The predicted octanol–water partition coefficient (Wildman–Crippen LogP) is 0.236. The van der Waals surface area contributed by atoms with Gasteiger partial charge in [-0.1, -0.05) is 0 Å². The molecule has 1 rings (SSSR count). The van der Waals surface area contributed by atoms with Crippen LogP contribution in [0.1, 0.15) is 10.4 Å². The Hall–Kier alpha value is -2.05. The van der Waals surface area contributed by atoms with Gasteiger partial charge in [0.25, 0.3) is 5.69 Å². The van der Waals surface area contributed by atoms with Gasteiger partial charge in [0.2, 0.25) is 0 Å². The van der Waals surface area contributed by atoms with E-state index in [-0.39, 0.29) is 12.1 Å². The highest BCUT2D eigenvalue weighted by Crippen LogP contribution is 2.21. The lowest BCUT2D eigenvalue weighted by Crippen LogP contribution is -2.23. The van der Waals surface area contributed by atoms with Crippen LogP contribution in [0.15, 0.2) is 12.1 Å². The summed E-state index contributed by atoms with van der Waals surface area (Å²) < 4.78 is 25.0. The molecule has 0 heterocycles. The highest BCUT2D eigenvalue weighted by atomic mass is 19.2. The van der Waals surface area contributed by atoms with Gasteiger partial charge in [0.05, 0.1) is 22.5 Å². The van der Waals surface area contributed by atoms with Crippen molar-refractivity contribution in [1.82, 2.24) is 0 Å². The molecule has 5 nitrogen and oxygen atoms in total. The van der Waals surface area contributed by atoms with E-state index in [0.29, 0.717) is 0 Å². The predicted molar refractivity (Wildman–Crippen MR) is 37.3 cm³/mol. The fourth-order valence-corrected chi connectivity index (χ4v) is 0.851. The molecule has 0 aliphatic heterocycles. The molecule has 0 saturated heterocycles. The first kappa shape index (κ1) is 10.0. The van der Waals surface area contributed by atoms with E-state index >= 15 is 0 Å². The maximum Gasteiger partial charge on any atom is 0.281 e. The van der Waals surface area contributed by atoms with Crippen molar-refractivity contribution >= 4 is 11.7 Å². The molecule has 1 aromatic rings. The van der Waals surface area contributed by atoms with Gasteiger partial charge >= 0.3 is 0 Å². The molecule has 0 radical (unpaired) electrons. The number of carbonyl (C=O) groups is 1. The molecular weight excluding hydrogens is 200 g/mol. The summed E-state index contributed by atoms with van der Waals surface area (Å²) in [5, 5.41) is 20.5. The van der Waals surface area contributed by atoms with Crippen LogP contribution in [0.25, 0.3) is 0 Å². The quantitative estimate of drug-likeness (QED) is 0.507. The number of benzene rings is 1. The second-order valence-corrected chi connectivity index (χ2v) is 2.33. The van der Waals surface area contributed by atoms with E-state index < -0.39 is 33.8 Å². The van der Waals surface area contributed by atoms with Gasteiger partial charge in [-0.05, 0) is 6.07 Å². The fourth-order valence-electron chi connectivity index (χ4n) is 0.851. The molecule has 0 unspecified atom stereocenters. The molecule has 0 atom stereocenters. The fraction of sp³-hybridized carbons (Fsp3) is 0. The van der Waals surface area contributed by atoms with Gasteiger partial charge in [0.1, 0.15) is 0 Å². The molecule has 14 heavy (non-hydrogen) atoms. The van der Waals surface area contributed by atoms with Crippen LogP contribution in [-0.4, -0.2) is 10.9 Å². The Kier molecular flexibility index (Phi) is 2.41. The monoisotopic (exact) mass is 202 g/mol. The summed E-state index contributed by atoms with van der Waals surface area (Å²) in [6.45, 7) is 0. The molecule has 0 N–H and O–H groups in total.